The quantitative estimate of drug-likeness (QED) is 0.592. The van der Waals surface area contributed by atoms with E-state index in [1.54, 1.807) is 12.3 Å². The summed E-state index contributed by atoms with van der Waals surface area (Å²) in [7, 11) is 0. The summed E-state index contributed by atoms with van der Waals surface area (Å²) >= 11 is 3.50. The third-order valence-electron chi connectivity index (χ3n) is 3.57. The number of carbonyl (C=O) groups excluding carboxylic acids is 1. The van der Waals surface area contributed by atoms with E-state index >= 15 is 0 Å². The Kier molecular flexibility index (Phi) is 4.29. The number of halogens is 1. The molecule has 0 saturated carbocycles. The molecule has 0 fully saturated rings. The van der Waals surface area contributed by atoms with Crippen LogP contribution in [-0.4, -0.2) is 6.29 Å². The maximum Gasteiger partial charge on any atom is 0.153 e. The molecule has 22 heavy (non-hydrogen) atoms. The zero-order valence-corrected chi connectivity index (χ0v) is 13.7. The number of aryl methyl sites for hydroxylation is 1. The third-order valence-corrected chi connectivity index (χ3v) is 4.16. The lowest BCUT2D eigenvalue weighted by atomic mass is 10.1. The second-order valence-corrected chi connectivity index (χ2v) is 5.90. The summed E-state index contributed by atoms with van der Waals surface area (Å²) in [6.07, 6.45) is 3.39. The molecule has 112 valence electrons. The molecular formula is C18H15BrO3. The fraction of sp³-hybridized carbons (Fsp3) is 0.167. The summed E-state index contributed by atoms with van der Waals surface area (Å²) in [4.78, 5) is 11.1. The van der Waals surface area contributed by atoms with Crippen LogP contribution in [0.3, 0.4) is 0 Å². The van der Waals surface area contributed by atoms with E-state index in [9.17, 15) is 4.79 Å². The Balaban J connectivity index is 1.85. The highest BCUT2D eigenvalue weighted by Gasteiger charge is 2.08. The molecule has 1 aromatic heterocycles. The monoisotopic (exact) mass is 358 g/mol. The van der Waals surface area contributed by atoms with Crippen LogP contribution < -0.4 is 4.74 Å². The summed E-state index contributed by atoms with van der Waals surface area (Å²) in [6.45, 7) is 2.47. The lowest BCUT2D eigenvalue weighted by Crippen LogP contribution is -1.99. The molecule has 4 heteroatoms. The fourth-order valence-corrected chi connectivity index (χ4v) is 2.98. The molecule has 2 aromatic carbocycles. The second kappa shape index (κ2) is 6.36. The molecule has 3 aromatic rings. The molecule has 0 saturated heterocycles. The van der Waals surface area contributed by atoms with E-state index in [2.05, 4.69) is 22.9 Å². The summed E-state index contributed by atoms with van der Waals surface area (Å²) in [5, 5.41) is 1.02. The molecule has 0 atom stereocenters. The van der Waals surface area contributed by atoms with E-state index in [-0.39, 0.29) is 0 Å². The van der Waals surface area contributed by atoms with Crippen molar-refractivity contribution in [3.05, 3.63) is 63.8 Å². The minimum atomic E-state index is 0.397. The molecule has 0 aliphatic rings. The number of furan rings is 1. The van der Waals surface area contributed by atoms with Crippen LogP contribution in [0.25, 0.3) is 11.0 Å². The topological polar surface area (TPSA) is 39.4 Å². The number of ether oxygens (including phenoxy) is 1. The molecule has 0 aliphatic heterocycles. The van der Waals surface area contributed by atoms with Crippen molar-refractivity contribution in [1.29, 1.82) is 0 Å². The highest BCUT2D eigenvalue weighted by atomic mass is 79.9. The lowest BCUT2D eigenvalue weighted by Gasteiger charge is -2.10. The molecular weight excluding hydrogens is 344 g/mol. The van der Waals surface area contributed by atoms with Crippen LogP contribution in [0.2, 0.25) is 0 Å². The van der Waals surface area contributed by atoms with E-state index in [4.69, 9.17) is 9.15 Å². The van der Waals surface area contributed by atoms with Crippen molar-refractivity contribution < 1.29 is 13.9 Å². The van der Waals surface area contributed by atoms with Crippen LogP contribution in [0.5, 0.6) is 5.75 Å². The molecule has 0 amide bonds. The SMILES string of the molecule is CCc1ccc(C=O)c(OCc2cc(Br)c3occc3c2)c1. The summed E-state index contributed by atoms with van der Waals surface area (Å²) in [5.41, 5.74) is 3.55. The first-order valence-corrected chi connectivity index (χ1v) is 7.87. The van der Waals surface area contributed by atoms with Gasteiger partial charge >= 0.3 is 0 Å². The number of hydrogen-bond acceptors (Lipinski definition) is 3. The second-order valence-electron chi connectivity index (χ2n) is 5.05. The molecule has 1 heterocycles. The molecule has 0 N–H and O–H groups in total. The van der Waals surface area contributed by atoms with Crippen molar-refractivity contribution in [2.45, 2.75) is 20.0 Å². The number of fused-ring (bicyclic) bond motifs is 1. The Morgan fingerprint density at radius 2 is 2.05 bits per heavy atom. The predicted octanol–water partition coefficient (Wildman–Crippen LogP) is 5.15. The smallest absolute Gasteiger partial charge is 0.153 e. The third kappa shape index (κ3) is 2.92. The van der Waals surface area contributed by atoms with Gasteiger partial charge in [-0.2, -0.15) is 0 Å². The Morgan fingerprint density at radius 1 is 1.18 bits per heavy atom. The average Bonchev–Trinajstić information content (AvgIpc) is 3.01. The van der Waals surface area contributed by atoms with Crippen molar-refractivity contribution in [3.63, 3.8) is 0 Å². The molecule has 0 aliphatic carbocycles. The summed E-state index contributed by atoms with van der Waals surface area (Å²) < 4.78 is 12.1. The van der Waals surface area contributed by atoms with Gasteiger partial charge in [-0.15, -0.1) is 0 Å². The van der Waals surface area contributed by atoms with Gasteiger partial charge in [0.25, 0.3) is 0 Å². The first-order chi connectivity index (χ1) is 10.7. The molecule has 3 rings (SSSR count). The van der Waals surface area contributed by atoms with E-state index in [0.717, 1.165) is 39.3 Å². The van der Waals surface area contributed by atoms with Gasteiger partial charge in [-0.3, -0.25) is 4.79 Å². The summed E-state index contributed by atoms with van der Waals surface area (Å²) in [6, 6.07) is 11.6. The largest absolute Gasteiger partial charge is 0.488 e. The van der Waals surface area contributed by atoms with Gasteiger partial charge in [-0.1, -0.05) is 13.0 Å². The number of carbonyl (C=O) groups is 1. The first-order valence-electron chi connectivity index (χ1n) is 7.07. The van der Waals surface area contributed by atoms with Crippen molar-refractivity contribution in [3.8, 4) is 5.75 Å². The van der Waals surface area contributed by atoms with Gasteiger partial charge in [0.1, 0.15) is 17.9 Å². The fourth-order valence-electron chi connectivity index (χ4n) is 2.36. The van der Waals surface area contributed by atoms with Crippen LogP contribution in [0.1, 0.15) is 28.4 Å². The Hall–Kier alpha value is -2.07. The molecule has 0 spiro atoms. The highest BCUT2D eigenvalue weighted by Crippen LogP contribution is 2.28. The Bertz CT molecular complexity index is 820. The predicted molar refractivity (Wildman–Crippen MR) is 89.5 cm³/mol. The van der Waals surface area contributed by atoms with Gasteiger partial charge in [0.2, 0.25) is 0 Å². The normalized spacial score (nSPS) is 10.8. The van der Waals surface area contributed by atoms with E-state index < -0.39 is 0 Å². The van der Waals surface area contributed by atoms with E-state index in [1.807, 2.05) is 30.3 Å². The number of rotatable bonds is 5. The molecule has 0 bridgehead atoms. The number of aldehydes is 1. The van der Waals surface area contributed by atoms with Gasteiger partial charge < -0.3 is 9.15 Å². The van der Waals surface area contributed by atoms with Crippen LogP contribution >= 0.6 is 15.9 Å². The average molecular weight is 359 g/mol. The van der Waals surface area contributed by atoms with Gasteiger partial charge in [-0.05, 0) is 63.8 Å². The minimum Gasteiger partial charge on any atom is -0.488 e. The molecule has 0 unspecified atom stereocenters. The standard InChI is InChI=1S/C18H15BrO3/c1-2-12-3-4-15(10-20)17(9-12)22-11-13-7-14-5-6-21-18(14)16(19)8-13/h3-10H,2,11H2,1H3. The Labute approximate surface area is 137 Å². The zero-order chi connectivity index (χ0) is 15.5. The summed E-state index contributed by atoms with van der Waals surface area (Å²) in [5.74, 6) is 0.623. The number of hydrogen-bond donors (Lipinski definition) is 0. The van der Waals surface area contributed by atoms with Gasteiger partial charge in [0, 0.05) is 5.39 Å². The maximum atomic E-state index is 11.1. The van der Waals surface area contributed by atoms with Crippen molar-refractivity contribution in [2.75, 3.05) is 0 Å². The highest BCUT2D eigenvalue weighted by molar-refractivity contribution is 9.10. The maximum absolute atomic E-state index is 11.1. The lowest BCUT2D eigenvalue weighted by molar-refractivity contribution is 0.111. The van der Waals surface area contributed by atoms with Crippen molar-refractivity contribution >= 4 is 33.2 Å². The Morgan fingerprint density at radius 3 is 2.82 bits per heavy atom. The molecule has 3 nitrogen and oxygen atoms in total. The zero-order valence-electron chi connectivity index (χ0n) is 12.1. The van der Waals surface area contributed by atoms with Gasteiger partial charge in [0.15, 0.2) is 6.29 Å². The van der Waals surface area contributed by atoms with Crippen LogP contribution in [0.4, 0.5) is 0 Å². The van der Waals surface area contributed by atoms with Crippen LogP contribution in [-0.2, 0) is 13.0 Å². The van der Waals surface area contributed by atoms with Crippen LogP contribution in [0.15, 0.2) is 51.6 Å². The van der Waals surface area contributed by atoms with Gasteiger partial charge in [0.05, 0.1) is 16.3 Å². The van der Waals surface area contributed by atoms with Gasteiger partial charge in [-0.25, -0.2) is 0 Å². The van der Waals surface area contributed by atoms with Crippen molar-refractivity contribution in [2.24, 2.45) is 0 Å². The minimum absolute atomic E-state index is 0.397. The first kappa shape index (κ1) is 14.9. The van der Waals surface area contributed by atoms with E-state index in [0.29, 0.717) is 17.9 Å². The van der Waals surface area contributed by atoms with Crippen molar-refractivity contribution in [1.82, 2.24) is 0 Å². The number of benzene rings is 2. The van der Waals surface area contributed by atoms with E-state index in [1.165, 1.54) is 0 Å². The molecule has 0 radical (unpaired) electrons. The van der Waals surface area contributed by atoms with Crippen LogP contribution in [0, 0.1) is 0 Å².